The van der Waals surface area contributed by atoms with Crippen LogP contribution in [0, 0.1) is 5.41 Å². The summed E-state index contributed by atoms with van der Waals surface area (Å²) in [4.78, 5) is 33.9. The smallest absolute Gasteiger partial charge is 0.362 e. The van der Waals surface area contributed by atoms with E-state index in [0.717, 1.165) is 11.3 Å². The first-order valence-corrected chi connectivity index (χ1v) is 12.0. The van der Waals surface area contributed by atoms with Crippen molar-refractivity contribution in [3.8, 4) is 11.5 Å². The SMILES string of the molecule is C[C@H]1[C@H](NC(=O)C(=NOCCOc2ccc(C(=N)N)c(O)c2)c2csc(N)n2)C(=O)N1S(=O)(=O)O. The summed E-state index contributed by atoms with van der Waals surface area (Å²) in [5.74, 6) is -2.17. The first kappa shape index (κ1) is 25.7. The zero-order valence-electron chi connectivity index (χ0n) is 18.0. The number of benzene rings is 1. The lowest BCUT2D eigenvalue weighted by molar-refractivity contribution is -0.143. The third-order valence-corrected chi connectivity index (χ3v) is 6.39. The first-order chi connectivity index (χ1) is 16.4. The number of carbonyl (C=O) groups is 2. The molecule has 15 nitrogen and oxygen atoms in total. The quantitative estimate of drug-likeness (QED) is 0.0548. The average Bonchev–Trinajstić information content (AvgIpc) is 3.19. The van der Waals surface area contributed by atoms with Crippen LogP contribution in [-0.4, -0.2) is 76.0 Å². The molecule has 1 saturated heterocycles. The number of hydrogen-bond acceptors (Lipinski definition) is 12. The monoisotopic (exact) mass is 527 g/mol. The summed E-state index contributed by atoms with van der Waals surface area (Å²) in [5.41, 5.74) is 10.8. The van der Waals surface area contributed by atoms with E-state index < -0.39 is 34.2 Å². The molecule has 1 aromatic carbocycles. The standard InChI is InChI=1S/C18H21N7O8S2/c1-8-13(17(28)25(8)35(29,30)31)23-16(27)14(11-7-34-18(21)22-11)24-33-5-4-32-9-2-3-10(15(19)20)12(26)6-9/h2-3,6-8,13,26H,4-5H2,1H3,(H3,19,20)(H2,21,22)(H,23,27)(H,29,30,31)/t8-,13-/m0/s1. The molecule has 3 rings (SSSR count). The van der Waals surface area contributed by atoms with E-state index in [1.165, 1.54) is 30.5 Å². The number of aromatic hydroxyl groups is 1. The number of nitrogens with one attached hydrogen (secondary N) is 2. The van der Waals surface area contributed by atoms with E-state index in [-0.39, 0.29) is 57.0 Å². The molecule has 1 aliphatic rings. The number of nitrogen functional groups attached to an aromatic ring is 2. The Morgan fingerprint density at radius 1 is 1.40 bits per heavy atom. The molecule has 2 heterocycles. The van der Waals surface area contributed by atoms with Gasteiger partial charge in [-0.2, -0.15) is 8.42 Å². The van der Waals surface area contributed by atoms with E-state index in [9.17, 15) is 23.1 Å². The van der Waals surface area contributed by atoms with Gasteiger partial charge in [-0.1, -0.05) is 5.16 Å². The van der Waals surface area contributed by atoms with Crippen LogP contribution < -0.4 is 21.5 Å². The Kier molecular flexibility index (Phi) is 7.42. The van der Waals surface area contributed by atoms with Crippen LogP contribution in [0.4, 0.5) is 5.13 Å². The molecule has 35 heavy (non-hydrogen) atoms. The maximum absolute atomic E-state index is 12.7. The van der Waals surface area contributed by atoms with E-state index in [4.69, 9.17) is 31.0 Å². The summed E-state index contributed by atoms with van der Waals surface area (Å²) >= 11 is 1.03. The molecule has 0 aliphatic carbocycles. The van der Waals surface area contributed by atoms with E-state index in [1.54, 1.807) is 0 Å². The fraction of sp³-hybridized carbons (Fsp3) is 0.278. The number of amidine groups is 1. The number of carbonyl (C=O) groups excluding carboxylic acids is 2. The number of oxime groups is 1. The molecule has 17 heteroatoms. The van der Waals surface area contributed by atoms with E-state index in [0.29, 0.717) is 0 Å². The van der Waals surface area contributed by atoms with Crippen LogP contribution in [0.25, 0.3) is 0 Å². The second-order valence-electron chi connectivity index (χ2n) is 7.09. The van der Waals surface area contributed by atoms with Crippen molar-refractivity contribution in [1.29, 1.82) is 5.41 Å². The summed E-state index contributed by atoms with van der Waals surface area (Å²) in [6, 6.07) is 1.92. The molecule has 1 aliphatic heterocycles. The van der Waals surface area contributed by atoms with Crippen molar-refractivity contribution in [3.05, 3.63) is 34.8 Å². The van der Waals surface area contributed by atoms with Crippen LogP contribution in [0.1, 0.15) is 18.2 Å². The van der Waals surface area contributed by atoms with Crippen molar-refractivity contribution in [2.75, 3.05) is 18.9 Å². The number of hydrogen-bond donors (Lipinski definition) is 6. The Morgan fingerprint density at radius 2 is 2.11 bits per heavy atom. The highest BCUT2D eigenvalue weighted by Crippen LogP contribution is 2.24. The van der Waals surface area contributed by atoms with E-state index in [1.807, 2.05) is 0 Å². The number of nitrogens with two attached hydrogens (primary N) is 2. The van der Waals surface area contributed by atoms with Crippen molar-refractivity contribution < 1.29 is 37.2 Å². The molecule has 8 N–H and O–H groups in total. The lowest BCUT2D eigenvalue weighted by atomic mass is 10.0. The van der Waals surface area contributed by atoms with Gasteiger partial charge < -0.3 is 31.5 Å². The molecule has 0 spiro atoms. The third-order valence-electron chi connectivity index (χ3n) is 4.71. The van der Waals surface area contributed by atoms with Crippen molar-refractivity contribution in [3.63, 3.8) is 0 Å². The van der Waals surface area contributed by atoms with Crippen molar-refractivity contribution in [1.82, 2.24) is 14.6 Å². The number of ether oxygens (including phenoxy) is 1. The Morgan fingerprint density at radius 3 is 2.66 bits per heavy atom. The molecular formula is C18H21N7O8S2. The number of anilines is 1. The fourth-order valence-corrected chi connectivity index (χ4v) is 4.48. The van der Waals surface area contributed by atoms with Gasteiger partial charge in [-0.15, -0.1) is 11.3 Å². The summed E-state index contributed by atoms with van der Waals surface area (Å²) in [6.45, 7) is 1.14. The molecular weight excluding hydrogens is 506 g/mol. The predicted molar refractivity (Wildman–Crippen MR) is 123 cm³/mol. The van der Waals surface area contributed by atoms with Gasteiger partial charge in [-0.25, -0.2) is 9.29 Å². The van der Waals surface area contributed by atoms with Crippen LogP contribution in [0.15, 0.2) is 28.7 Å². The second kappa shape index (κ2) is 10.1. The van der Waals surface area contributed by atoms with Crippen molar-refractivity contribution in [2.24, 2.45) is 10.9 Å². The van der Waals surface area contributed by atoms with Crippen LogP contribution in [0.3, 0.4) is 0 Å². The highest BCUT2D eigenvalue weighted by atomic mass is 32.2. The molecule has 2 amide bonds. The van der Waals surface area contributed by atoms with Gasteiger partial charge in [0.2, 0.25) is 0 Å². The minimum absolute atomic E-state index is 0.0437. The molecule has 2 atom stereocenters. The van der Waals surface area contributed by atoms with Gasteiger partial charge in [0, 0.05) is 11.4 Å². The number of phenolic OH excluding ortho intramolecular Hbond substituents is 1. The Balaban J connectivity index is 1.63. The lowest BCUT2D eigenvalue weighted by Gasteiger charge is -2.42. The summed E-state index contributed by atoms with van der Waals surface area (Å²) in [5, 5.41) is 24.8. The fourth-order valence-electron chi connectivity index (χ4n) is 3.05. The maximum Gasteiger partial charge on any atom is 0.362 e. The minimum Gasteiger partial charge on any atom is -0.507 e. The number of amides is 2. The summed E-state index contributed by atoms with van der Waals surface area (Å²) in [7, 11) is -4.75. The molecule has 0 radical (unpaired) electrons. The number of rotatable bonds is 10. The number of β-lactam (4-membered cyclic amide) rings is 1. The largest absolute Gasteiger partial charge is 0.507 e. The Labute approximate surface area is 202 Å². The van der Waals surface area contributed by atoms with Gasteiger partial charge in [-0.3, -0.25) is 19.6 Å². The van der Waals surface area contributed by atoms with Gasteiger partial charge in [0.1, 0.15) is 35.7 Å². The van der Waals surface area contributed by atoms with E-state index in [2.05, 4.69) is 15.5 Å². The van der Waals surface area contributed by atoms with Gasteiger partial charge in [0.25, 0.3) is 11.8 Å². The van der Waals surface area contributed by atoms with Crippen molar-refractivity contribution in [2.45, 2.75) is 19.0 Å². The molecule has 1 aromatic heterocycles. The third kappa shape index (κ3) is 5.76. The number of phenols is 1. The molecule has 188 valence electrons. The van der Waals surface area contributed by atoms with Crippen LogP contribution in [-0.2, 0) is 24.7 Å². The molecule has 2 aromatic rings. The number of nitrogens with zero attached hydrogens (tertiary/aromatic N) is 3. The average molecular weight is 528 g/mol. The van der Waals surface area contributed by atoms with E-state index >= 15 is 0 Å². The first-order valence-electron chi connectivity index (χ1n) is 9.73. The van der Waals surface area contributed by atoms with Gasteiger partial charge in [0.05, 0.1) is 11.6 Å². The highest BCUT2D eigenvalue weighted by molar-refractivity contribution is 7.84. The molecule has 0 bridgehead atoms. The molecule has 0 unspecified atom stereocenters. The maximum atomic E-state index is 12.7. The topological polar surface area (TPSA) is 244 Å². The van der Waals surface area contributed by atoms with Crippen molar-refractivity contribution >= 4 is 50.1 Å². The number of thiazole rings is 1. The Hall–Kier alpha value is -3.96. The molecule has 1 fully saturated rings. The van der Waals surface area contributed by atoms with Gasteiger partial charge in [-0.05, 0) is 19.1 Å². The van der Waals surface area contributed by atoms with Crippen LogP contribution in [0.5, 0.6) is 11.5 Å². The lowest BCUT2D eigenvalue weighted by Crippen LogP contribution is -2.71. The summed E-state index contributed by atoms with van der Waals surface area (Å²) in [6.07, 6.45) is 0. The Bertz CT molecular complexity index is 1290. The normalized spacial score (nSPS) is 18.1. The minimum atomic E-state index is -4.75. The van der Waals surface area contributed by atoms with Gasteiger partial charge in [0.15, 0.2) is 17.5 Å². The molecule has 0 saturated carbocycles. The predicted octanol–water partition coefficient (Wildman–Crippen LogP) is -0.967. The zero-order valence-corrected chi connectivity index (χ0v) is 19.7. The van der Waals surface area contributed by atoms with Crippen LogP contribution >= 0.6 is 11.3 Å². The van der Waals surface area contributed by atoms with Crippen LogP contribution in [0.2, 0.25) is 0 Å². The second-order valence-corrected chi connectivity index (χ2v) is 9.27. The van der Waals surface area contributed by atoms with Gasteiger partial charge >= 0.3 is 10.3 Å². The summed E-state index contributed by atoms with van der Waals surface area (Å²) < 4.78 is 37.2. The zero-order chi connectivity index (χ0) is 25.9. The number of aromatic nitrogens is 1. The highest BCUT2D eigenvalue weighted by Gasteiger charge is 2.51.